The maximum atomic E-state index is 11.9. The molecule has 0 fully saturated rings. The number of amides is 2. The van der Waals surface area contributed by atoms with Crippen LogP contribution in [0.1, 0.15) is 44.8 Å². The van der Waals surface area contributed by atoms with Gasteiger partial charge < -0.3 is 20.2 Å². The number of hydrogen-bond acceptors (Lipinski definition) is 4. The first kappa shape index (κ1) is 19.5. The van der Waals surface area contributed by atoms with Gasteiger partial charge in [0.05, 0.1) is 6.54 Å². The second kappa shape index (κ2) is 8.36. The molecule has 1 rings (SSSR count). The second-order valence-electron chi connectivity index (χ2n) is 6.23. The predicted molar refractivity (Wildman–Crippen MR) is 91.5 cm³/mol. The molecule has 6 heteroatoms. The van der Waals surface area contributed by atoms with Gasteiger partial charge in [0.25, 0.3) is 0 Å². The molecule has 0 spiro atoms. The van der Waals surface area contributed by atoms with E-state index in [4.69, 9.17) is 4.42 Å². The summed E-state index contributed by atoms with van der Waals surface area (Å²) in [5.41, 5.74) is -0.462. The summed E-state index contributed by atoms with van der Waals surface area (Å²) < 4.78 is 5.44. The molecular formula is C17H31N3O3. The van der Waals surface area contributed by atoms with E-state index in [1.54, 1.807) is 13.0 Å². The van der Waals surface area contributed by atoms with Crippen molar-refractivity contribution < 1.29 is 14.3 Å². The van der Waals surface area contributed by atoms with Crippen LogP contribution in [0.5, 0.6) is 0 Å². The molecule has 0 aromatic carbocycles. The molecule has 132 valence electrons. The molecule has 3 N–H and O–H groups in total. The quantitative estimate of drug-likeness (QED) is 0.684. The number of furan rings is 1. The van der Waals surface area contributed by atoms with Gasteiger partial charge in [-0.25, -0.2) is 4.79 Å². The summed E-state index contributed by atoms with van der Waals surface area (Å²) in [5, 5.41) is 16.1. The van der Waals surface area contributed by atoms with Crippen molar-refractivity contribution in [2.75, 3.05) is 26.2 Å². The Kier molecular flexibility index (Phi) is 7.09. The smallest absolute Gasteiger partial charge is 0.314 e. The molecule has 0 aliphatic carbocycles. The van der Waals surface area contributed by atoms with Gasteiger partial charge in [0.15, 0.2) is 0 Å². The molecule has 0 aliphatic heterocycles. The van der Waals surface area contributed by atoms with Crippen molar-refractivity contribution in [2.45, 2.75) is 53.2 Å². The SMILES string of the molecule is CCN(CC)C(C)CNC(=O)NCC(C)(O)c1cc(C)oc1C. The predicted octanol–water partition coefficient (Wildman–Crippen LogP) is 2.13. The number of carbonyl (C=O) groups is 1. The number of hydrogen-bond donors (Lipinski definition) is 3. The minimum atomic E-state index is -1.16. The molecule has 1 aromatic rings. The maximum absolute atomic E-state index is 11.9. The molecule has 1 aromatic heterocycles. The van der Waals surface area contributed by atoms with Crippen LogP contribution < -0.4 is 10.6 Å². The summed E-state index contributed by atoms with van der Waals surface area (Å²) >= 11 is 0. The minimum absolute atomic E-state index is 0.123. The summed E-state index contributed by atoms with van der Waals surface area (Å²) in [6.07, 6.45) is 0. The van der Waals surface area contributed by atoms with E-state index in [9.17, 15) is 9.90 Å². The zero-order chi connectivity index (χ0) is 17.6. The Bertz CT molecular complexity index is 507. The van der Waals surface area contributed by atoms with Crippen LogP contribution in [0.2, 0.25) is 0 Å². The van der Waals surface area contributed by atoms with Gasteiger partial charge in [-0.05, 0) is 46.9 Å². The number of nitrogens with one attached hydrogen (secondary N) is 2. The number of carbonyl (C=O) groups excluding carboxylic acids is 1. The lowest BCUT2D eigenvalue weighted by Crippen LogP contribution is -2.47. The van der Waals surface area contributed by atoms with Crippen LogP contribution in [0, 0.1) is 13.8 Å². The second-order valence-corrected chi connectivity index (χ2v) is 6.23. The third kappa shape index (κ3) is 5.55. The van der Waals surface area contributed by atoms with Gasteiger partial charge in [0.2, 0.25) is 0 Å². The fourth-order valence-corrected chi connectivity index (χ4v) is 2.79. The number of aliphatic hydroxyl groups is 1. The molecule has 2 unspecified atom stereocenters. The Labute approximate surface area is 139 Å². The van der Waals surface area contributed by atoms with Crippen LogP contribution in [0.4, 0.5) is 4.79 Å². The van der Waals surface area contributed by atoms with Crippen molar-refractivity contribution in [3.05, 3.63) is 23.2 Å². The molecule has 0 saturated carbocycles. The van der Waals surface area contributed by atoms with Crippen LogP contribution in [0.3, 0.4) is 0 Å². The average molecular weight is 325 g/mol. The summed E-state index contributed by atoms with van der Waals surface area (Å²) in [4.78, 5) is 14.2. The zero-order valence-electron chi connectivity index (χ0n) is 15.2. The highest BCUT2D eigenvalue weighted by Crippen LogP contribution is 2.26. The number of nitrogens with zero attached hydrogens (tertiary/aromatic N) is 1. The monoisotopic (exact) mass is 325 g/mol. The van der Waals surface area contributed by atoms with Crippen LogP contribution >= 0.6 is 0 Å². The van der Waals surface area contributed by atoms with Crippen LogP contribution in [0.25, 0.3) is 0 Å². The first-order valence-electron chi connectivity index (χ1n) is 8.26. The minimum Gasteiger partial charge on any atom is -0.466 e. The maximum Gasteiger partial charge on any atom is 0.314 e. The molecule has 6 nitrogen and oxygen atoms in total. The van der Waals surface area contributed by atoms with Gasteiger partial charge in [0.1, 0.15) is 17.1 Å². The van der Waals surface area contributed by atoms with Crippen molar-refractivity contribution >= 4 is 6.03 Å². The van der Waals surface area contributed by atoms with Gasteiger partial charge in [-0.2, -0.15) is 0 Å². The van der Waals surface area contributed by atoms with E-state index >= 15 is 0 Å². The van der Waals surface area contributed by atoms with Crippen molar-refractivity contribution in [1.82, 2.24) is 15.5 Å². The number of likely N-dealkylation sites (N-methyl/N-ethyl adjacent to an activating group) is 1. The fourth-order valence-electron chi connectivity index (χ4n) is 2.79. The van der Waals surface area contributed by atoms with E-state index in [1.807, 2.05) is 13.8 Å². The molecule has 2 amide bonds. The Morgan fingerprint density at radius 2 is 1.96 bits per heavy atom. The lowest BCUT2D eigenvalue weighted by Gasteiger charge is -2.27. The molecule has 1 heterocycles. The lowest BCUT2D eigenvalue weighted by atomic mass is 9.96. The first-order valence-corrected chi connectivity index (χ1v) is 8.26. The van der Waals surface area contributed by atoms with Crippen molar-refractivity contribution in [3.63, 3.8) is 0 Å². The summed E-state index contributed by atoms with van der Waals surface area (Å²) in [6.45, 7) is 14.2. The Morgan fingerprint density at radius 1 is 1.35 bits per heavy atom. The molecular weight excluding hydrogens is 294 g/mol. The van der Waals surface area contributed by atoms with Crippen LogP contribution in [-0.2, 0) is 5.60 Å². The highest BCUT2D eigenvalue weighted by atomic mass is 16.3. The summed E-state index contributed by atoms with van der Waals surface area (Å²) in [7, 11) is 0. The largest absolute Gasteiger partial charge is 0.466 e. The van der Waals surface area contributed by atoms with E-state index in [0.29, 0.717) is 17.9 Å². The average Bonchev–Trinajstić information content (AvgIpc) is 2.84. The van der Waals surface area contributed by atoms with Crippen molar-refractivity contribution in [2.24, 2.45) is 0 Å². The van der Waals surface area contributed by atoms with Crippen LogP contribution in [0.15, 0.2) is 10.5 Å². The molecule has 23 heavy (non-hydrogen) atoms. The highest BCUT2D eigenvalue weighted by molar-refractivity contribution is 5.73. The van der Waals surface area contributed by atoms with Gasteiger partial charge in [-0.3, -0.25) is 4.90 Å². The summed E-state index contributed by atoms with van der Waals surface area (Å²) in [5.74, 6) is 1.42. The lowest BCUT2D eigenvalue weighted by molar-refractivity contribution is 0.0578. The number of urea groups is 1. The third-order valence-electron chi connectivity index (χ3n) is 4.21. The van der Waals surface area contributed by atoms with Gasteiger partial charge in [0, 0.05) is 18.2 Å². The molecule has 0 aliphatic rings. The van der Waals surface area contributed by atoms with Crippen molar-refractivity contribution in [1.29, 1.82) is 0 Å². The Balaban J connectivity index is 2.48. The van der Waals surface area contributed by atoms with E-state index in [0.717, 1.165) is 18.8 Å². The topological polar surface area (TPSA) is 77.7 Å². The number of rotatable bonds is 8. The standard InChI is InChI=1S/C17H31N3O3/c1-7-20(8-2)12(3)10-18-16(21)19-11-17(6,22)15-9-13(4)23-14(15)5/h9,12,22H,7-8,10-11H2,1-6H3,(H2,18,19,21). The fraction of sp³-hybridized carbons (Fsp3) is 0.706. The van der Waals surface area contributed by atoms with Gasteiger partial charge in [-0.1, -0.05) is 13.8 Å². The Morgan fingerprint density at radius 3 is 2.43 bits per heavy atom. The number of aryl methyl sites for hydroxylation is 2. The highest BCUT2D eigenvalue weighted by Gasteiger charge is 2.28. The van der Waals surface area contributed by atoms with E-state index < -0.39 is 5.60 Å². The van der Waals surface area contributed by atoms with E-state index in [-0.39, 0.29) is 18.6 Å². The van der Waals surface area contributed by atoms with Crippen molar-refractivity contribution in [3.8, 4) is 0 Å². The molecule has 0 saturated heterocycles. The Hall–Kier alpha value is -1.53. The van der Waals surface area contributed by atoms with Gasteiger partial charge in [-0.15, -0.1) is 0 Å². The normalized spacial score (nSPS) is 15.3. The first-order chi connectivity index (χ1) is 10.7. The van der Waals surface area contributed by atoms with E-state index in [2.05, 4.69) is 36.3 Å². The van der Waals surface area contributed by atoms with Gasteiger partial charge >= 0.3 is 6.03 Å². The molecule has 2 atom stereocenters. The third-order valence-corrected chi connectivity index (χ3v) is 4.21. The molecule has 0 bridgehead atoms. The van der Waals surface area contributed by atoms with Crippen LogP contribution in [-0.4, -0.2) is 48.3 Å². The van der Waals surface area contributed by atoms with E-state index in [1.165, 1.54) is 0 Å². The zero-order valence-corrected chi connectivity index (χ0v) is 15.2. The molecule has 0 radical (unpaired) electrons. The summed E-state index contributed by atoms with van der Waals surface area (Å²) in [6, 6.07) is 1.80.